The summed E-state index contributed by atoms with van der Waals surface area (Å²) in [5.41, 5.74) is 4.08. The van der Waals surface area contributed by atoms with Crippen molar-refractivity contribution in [2.75, 3.05) is 18.6 Å². The number of hydrogen-bond acceptors (Lipinski definition) is 4. The van der Waals surface area contributed by atoms with Gasteiger partial charge in [0.25, 0.3) is 5.91 Å². The fraction of sp³-hybridized carbons (Fsp3) is 0.231. The molecule has 0 atom stereocenters. The first-order chi connectivity index (χ1) is 9.10. The van der Waals surface area contributed by atoms with E-state index in [1.165, 1.54) is 11.1 Å². The molecule has 1 heterocycles. The number of esters is 1. The molecular formula is C13H13BrN2O3. The van der Waals surface area contributed by atoms with E-state index in [-0.39, 0.29) is 12.5 Å². The zero-order valence-corrected chi connectivity index (χ0v) is 11.9. The highest BCUT2D eigenvalue weighted by molar-refractivity contribution is 9.10. The Kier molecular flexibility index (Phi) is 4.21. The van der Waals surface area contributed by atoms with Crippen LogP contribution in [0.1, 0.15) is 6.92 Å². The lowest BCUT2D eigenvalue weighted by Gasteiger charge is -2.18. The molecular weight excluding hydrogens is 312 g/mol. The van der Waals surface area contributed by atoms with E-state index in [2.05, 4.69) is 21.4 Å². The molecule has 0 saturated carbocycles. The SMILES string of the molecule is CCOC(=O)C1=CC(=O)N(Nc2ccc(Br)cc2)C1. The molecule has 1 aliphatic rings. The number of amides is 1. The van der Waals surface area contributed by atoms with Gasteiger partial charge in [-0.25, -0.2) is 9.80 Å². The average molecular weight is 325 g/mol. The molecule has 0 spiro atoms. The van der Waals surface area contributed by atoms with Gasteiger partial charge in [-0.1, -0.05) is 15.9 Å². The molecule has 6 heteroatoms. The van der Waals surface area contributed by atoms with Crippen LogP contribution in [0.25, 0.3) is 0 Å². The molecule has 1 aromatic carbocycles. The highest BCUT2D eigenvalue weighted by Crippen LogP contribution is 2.18. The molecule has 0 aromatic heterocycles. The van der Waals surface area contributed by atoms with E-state index >= 15 is 0 Å². The van der Waals surface area contributed by atoms with E-state index in [1.54, 1.807) is 6.92 Å². The Bertz CT molecular complexity index is 525. The maximum Gasteiger partial charge on any atom is 0.336 e. The summed E-state index contributed by atoms with van der Waals surface area (Å²) >= 11 is 3.34. The highest BCUT2D eigenvalue weighted by Gasteiger charge is 2.26. The molecule has 0 aliphatic carbocycles. The van der Waals surface area contributed by atoms with Gasteiger partial charge in [0.15, 0.2) is 0 Å². The summed E-state index contributed by atoms with van der Waals surface area (Å²) in [5.74, 6) is -0.707. The first kappa shape index (κ1) is 13.6. The molecule has 1 aliphatic heterocycles. The van der Waals surface area contributed by atoms with Crippen molar-refractivity contribution in [3.63, 3.8) is 0 Å². The van der Waals surface area contributed by atoms with Gasteiger partial charge in [-0.05, 0) is 31.2 Å². The number of ether oxygens (including phenoxy) is 1. The maximum atomic E-state index is 11.7. The van der Waals surface area contributed by atoms with Crippen LogP contribution in [0, 0.1) is 0 Å². The van der Waals surface area contributed by atoms with Crippen LogP contribution in [0.3, 0.4) is 0 Å². The minimum Gasteiger partial charge on any atom is -0.463 e. The van der Waals surface area contributed by atoms with Crippen molar-refractivity contribution >= 4 is 33.5 Å². The second-order valence-electron chi connectivity index (χ2n) is 3.93. The van der Waals surface area contributed by atoms with Crippen molar-refractivity contribution in [3.8, 4) is 0 Å². The van der Waals surface area contributed by atoms with Crippen LogP contribution in [0.5, 0.6) is 0 Å². The third-order valence-electron chi connectivity index (χ3n) is 2.54. The number of nitrogens with one attached hydrogen (secondary N) is 1. The second kappa shape index (κ2) is 5.88. The number of carbonyl (C=O) groups excluding carboxylic acids is 2. The lowest BCUT2D eigenvalue weighted by Crippen LogP contribution is -2.32. The van der Waals surface area contributed by atoms with Crippen molar-refractivity contribution in [2.45, 2.75) is 6.92 Å². The van der Waals surface area contributed by atoms with Crippen LogP contribution >= 0.6 is 15.9 Å². The van der Waals surface area contributed by atoms with E-state index in [9.17, 15) is 9.59 Å². The molecule has 1 N–H and O–H groups in total. The molecule has 100 valence electrons. The third kappa shape index (κ3) is 3.35. The van der Waals surface area contributed by atoms with Crippen LogP contribution in [0.2, 0.25) is 0 Å². The number of hydrazine groups is 1. The van der Waals surface area contributed by atoms with Gasteiger partial charge in [-0.15, -0.1) is 0 Å². The minimum atomic E-state index is -0.448. The summed E-state index contributed by atoms with van der Waals surface area (Å²) < 4.78 is 5.82. The fourth-order valence-corrected chi connectivity index (χ4v) is 1.91. The predicted molar refractivity (Wildman–Crippen MR) is 74.2 cm³/mol. The Morgan fingerprint density at radius 2 is 2.11 bits per heavy atom. The summed E-state index contributed by atoms with van der Waals surface area (Å²) in [6.45, 7) is 2.23. The Hall–Kier alpha value is -1.82. The van der Waals surface area contributed by atoms with E-state index in [1.807, 2.05) is 24.3 Å². The van der Waals surface area contributed by atoms with Crippen molar-refractivity contribution in [1.29, 1.82) is 0 Å². The summed E-state index contributed by atoms with van der Waals surface area (Å²) in [6.07, 6.45) is 1.30. The van der Waals surface area contributed by atoms with Crippen molar-refractivity contribution < 1.29 is 14.3 Å². The van der Waals surface area contributed by atoms with E-state index in [4.69, 9.17) is 4.74 Å². The smallest absolute Gasteiger partial charge is 0.336 e. The third-order valence-corrected chi connectivity index (χ3v) is 3.07. The van der Waals surface area contributed by atoms with Crippen LogP contribution in [-0.2, 0) is 14.3 Å². The predicted octanol–water partition coefficient (Wildman–Crippen LogP) is 2.11. The molecule has 0 bridgehead atoms. The standard InChI is InChI=1S/C13H13BrN2O3/c1-2-19-13(18)9-7-12(17)16(8-9)15-11-5-3-10(14)4-6-11/h3-7,15H,2,8H2,1H3. The van der Waals surface area contributed by atoms with Crippen molar-refractivity contribution in [3.05, 3.63) is 40.4 Å². The summed E-state index contributed by atoms with van der Waals surface area (Å²) in [4.78, 5) is 23.3. The molecule has 0 saturated heterocycles. The van der Waals surface area contributed by atoms with Crippen LogP contribution in [-0.4, -0.2) is 30.0 Å². The largest absolute Gasteiger partial charge is 0.463 e. The van der Waals surface area contributed by atoms with Crippen molar-refractivity contribution in [2.24, 2.45) is 0 Å². The molecule has 0 radical (unpaired) electrons. The topological polar surface area (TPSA) is 58.6 Å². The lowest BCUT2D eigenvalue weighted by molar-refractivity contribution is -0.138. The number of carbonyl (C=O) groups is 2. The molecule has 0 fully saturated rings. The molecule has 1 amide bonds. The molecule has 19 heavy (non-hydrogen) atoms. The number of halogens is 1. The van der Waals surface area contributed by atoms with E-state index < -0.39 is 5.97 Å². The maximum absolute atomic E-state index is 11.7. The number of nitrogens with zero attached hydrogens (tertiary/aromatic N) is 1. The normalized spacial score (nSPS) is 14.3. The summed E-state index contributed by atoms with van der Waals surface area (Å²) in [5, 5.41) is 1.37. The number of rotatable bonds is 4. The van der Waals surface area contributed by atoms with E-state index in [0.29, 0.717) is 12.2 Å². The second-order valence-corrected chi connectivity index (χ2v) is 4.85. The summed E-state index contributed by atoms with van der Waals surface area (Å²) in [6, 6.07) is 7.39. The molecule has 1 aromatic rings. The van der Waals surface area contributed by atoms with E-state index in [0.717, 1.165) is 10.2 Å². The monoisotopic (exact) mass is 324 g/mol. The average Bonchev–Trinajstić information content (AvgIpc) is 2.74. The van der Waals surface area contributed by atoms with Gasteiger partial charge in [0, 0.05) is 10.5 Å². The van der Waals surface area contributed by atoms with Gasteiger partial charge in [0.1, 0.15) is 0 Å². The van der Waals surface area contributed by atoms with Crippen LogP contribution < -0.4 is 5.43 Å². The highest BCUT2D eigenvalue weighted by atomic mass is 79.9. The first-order valence-electron chi connectivity index (χ1n) is 5.81. The molecule has 5 nitrogen and oxygen atoms in total. The summed E-state index contributed by atoms with van der Waals surface area (Å²) in [7, 11) is 0. The van der Waals surface area contributed by atoms with Gasteiger partial charge < -0.3 is 4.74 Å². The van der Waals surface area contributed by atoms with Crippen LogP contribution in [0.15, 0.2) is 40.4 Å². The fourth-order valence-electron chi connectivity index (χ4n) is 1.64. The molecule has 0 unspecified atom stereocenters. The number of hydrogen-bond donors (Lipinski definition) is 1. The lowest BCUT2D eigenvalue weighted by atomic mass is 10.3. The first-order valence-corrected chi connectivity index (χ1v) is 6.61. The Labute approximate surface area is 119 Å². The quantitative estimate of drug-likeness (QED) is 0.862. The van der Waals surface area contributed by atoms with Gasteiger partial charge in [0.05, 0.1) is 24.4 Å². The van der Waals surface area contributed by atoms with Gasteiger partial charge in [-0.2, -0.15) is 0 Å². The van der Waals surface area contributed by atoms with Crippen LogP contribution in [0.4, 0.5) is 5.69 Å². The zero-order valence-electron chi connectivity index (χ0n) is 10.4. The van der Waals surface area contributed by atoms with Gasteiger partial charge in [0.2, 0.25) is 0 Å². The Morgan fingerprint density at radius 3 is 2.74 bits per heavy atom. The minimum absolute atomic E-state index is 0.202. The molecule has 2 rings (SSSR count). The number of anilines is 1. The Balaban J connectivity index is 1.99. The van der Waals surface area contributed by atoms with Gasteiger partial charge in [-0.3, -0.25) is 10.2 Å². The van der Waals surface area contributed by atoms with Gasteiger partial charge >= 0.3 is 5.97 Å². The zero-order chi connectivity index (χ0) is 13.8. The van der Waals surface area contributed by atoms with Crippen molar-refractivity contribution in [1.82, 2.24) is 5.01 Å². The number of benzene rings is 1. The Morgan fingerprint density at radius 1 is 1.42 bits per heavy atom.